The van der Waals surface area contributed by atoms with E-state index in [9.17, 15) is 4.79 Å². The van der Waals surface area contributed by atoms with Gasteiger partial charge in [0.05, 0.1) is 20.0 Å². The van der Waals surface area contributed by atoms with E-state index in [2.05, 4.69) is 15.5 Å². The van der Waals surface area contributed by atoms with Gasteiger partial charge in [-0.05, 0) is 12.1 Å². The molecule has 2 aromatic rings. The third-order valence-corrected chi connectivity index (χ3v) is 3.32. The van der Waals surface area contributed by atoms with Crippen LogP contribution in [0.4, 0.5) is 5.69 Å². The number of carbonyl (C=O) groups excluding carboxylic acids is 1. The number of rotatable bonds is 6. The number of hydrogen-bond donors (Lipinski definition) is 1. The van der Waals surface area contributed by atoms with E-state index in [1.165, 1.54) is 18.9 Å². The smallest absolute Gasteiger partial charge is 0.277 e. The van der Waals surface area contributed by atoms with E-state index in [0.29, 0.717) is 28.3 Å². The molecule has 1 heterocycles. The summed E-state index contributed by atoms with van der Waals surface area (Å²) in [5, 5.41) is 10.6. The monoisotopic (exact) mass is 309 g/mol. The molecule has 0 radical (unpaired) electrons. The topological polar surface area (TPSA) is 86.5 Å². The van der Waals surface area contributed by atoms with Crippen LogP contribution >= 0.6 is 11.8 Å². The van der Waals surface area contributed by atoms with Crippen LogP contribution in [0.25, 0.3) is 0 Å². The average Bonchev–Trinajstić information content (AvgIpc) is 2.90. The highest BCUT2D eigenvalue weighted by molar-refractivity contribution is 7.99. The Balaban J connectivity index is 1.93. The molecule has 2 rings (SSSR count). The largest absolute Gasteiger partial charge is 0.493 e. The number of carbonyl (C=O) groups is 1. The molecule has 0 atom stereocenters. The summed E-state index contributed by atoms with van der Waals surface area (Å²) in [6.07, 6.45) is 0. The fourth-order valence-electron chi connectivity index (χ4n) is 1.58. The van der Waals surface area contributed by atoms with Crippen LogP contribution in [0.15, 0.2) is 27.8 Å². The highest BCUT2D eigenvalue weighted by atomic mass is 32.2. The first-order chi connectivity index (χ1) is 10.1. The van der Waals surface area contributed by atoms with Crippen molar-refractivity contribution >= 4 is 23.4 Å². The Morgan fingerprint density at radius 3 is 2.67 bits per heavy atom. The van der Waals surface area contributed by atoms with Crippen molar-refractivity contribution in [1.82, 2.24) is 10.2 Å². The van der Waals surface area contributed by atoms with Crippen molar-refractivity contribution in [3.8, 4) is 11.5 Å². The van der Waals surface area contributed by atoms with Crippen molar-refractivity contribution in [3.05, 3.63) is 24.1 Å². The predicted octanol–water partition coefficient (Wildman–Crippen LogP) is 2.13. The summed E-state index contributed by atoms with van der Waals surface area (Å²) in [6, 6.07) is 5.15. The van der Waals surface area contributed by atoms with Gasteiger partial charge in [-0.1, -0.05) is 11.8 Å². The van der Waals surface area contributed by atoms with Gasteiger partial charge in [0, 0.05) is 18.7 Å². The number of aryl methyl sites for hydroxylation is 1. The number of amides is 1. The molecule has 7 nitrogen and oxygen atoms in total. The van der Waals surface area contributed by atoms with Gasteiger partial charge in [0.25, 0.3) is 5.22 Å². The van der Waals surface area contributed by atoms with E-state index >= 15 is 0 Å². The molecule has 0 spiro atoms. The molecule has 112 valence electrons. The van der Waals surface area contributed by atoms with Gasteiger partial charge in [-0.2, -0.15) is 0 Å². The molecule has 0 aliphatic heterocycles. The Morgan fingerprint density at radius 2 is 2.05 bits per heavy atom. The van der Waals surface area contributed by atoms with Crippen molar-refractivity contribution in [2.75, 3.05) is 25.3 Å². The second-order valence-electron chi connectivity index (χ2n) is 3.99. The summed E-state index contributed by atoms with van der Waals surface area (Å²) < 4.78 is 15.5. The minimum absolute atomic E-state index is 0.177. The zero-order chi connectivity index (χ0) is 15.2. The first kappa shape index (κ1) is 15.2. The van der Waals surface area contributed by atoms with E-state index in [0.717, 1.165) is 0 Å². The number of nitrogens with one attached hydrogen (secondary N) is 1. The molecule has 0 unspecified atom stereocenters. The van der Waals surface area contributed by atoms with Crippen LogP contribution in [0.5, 0.6) is 11.5 Å². The predicted molar refractivity (Wildman–Crippen MR) is 77.9 cm³/mol. The molecule has 0 aliphatic rings. The van der Waals surface area contributed by atoms with Gasteiger partial charge in [-0.25, -0.2) is 0 Å². The number of anilines is 1. The van der Waals surface area contributed by atoms with E-state index in [1.54, 1.807) is 32.2 Å². The molecule has 0 aliphatic carbocycles. The SMILES string of the molecule is COc1ccc(NC(=O)CSc2nnc(C)o2)cc1OC. The molecule has 0 saturated heterocycles. The molecule has 0 saturated carbocycles. The highest BCUT2D eigenvalue weighted by Crippen LogP contribution is 2.29. The van der Waals surface area contributed by atoms with E-state index < -0.39 is 0 Å². The summed E-state index contributed by atoms with van der Waals surface area (Å²) >= 11 is 1.18. The lowest BCUT2D eigenvalue weighted by Gasteiger charge is -2.10. The standard InChI is InChI=1S/C13H15N3O4S/c1-8-15-16-13(20-8)21-7-12(17)14-9-4-5-10(18-2)11(6-9)19-3/h4-6H,7H2,1-3H3,(H,14,17). The molecule has 1 aromatic heterocycles. The van der Waals surface area contributed by atoms with E-state index in [-0.39, 0.29) is 11.7 Å². The number of aromatic nitrogens is 2. The molecule has 1 aromatic carbocycles. The minimum Gasteiger partial charge on any atom is -0.493 e. The second-order valence-corrected chi connectivity index (χ2v) is 4.92. The average molecular weight is 309 g/mol. The van der Waals surface area contributed by atoms with Crippen molar-refractivity contribution in [2.24, 2.45) is 0 Å². The maximum atomic E-state index is 11.9. The second kappa shape index (κ2) is 6.98. The number of benzene rings is 1. The van der Waals surface area contributed by atoms with Crippen LogP contribution in [-0.4, -0.2) is 36.1 Å². The zero-order valence-corrected chi connectivity index (χ0v) is 12.7. The molecule has 1 N–H and O–H groups in total. The fraction of sp³-hybridized carbons (Fsp3) is 0.308. The van der Waals surface area contributed by atoms with Crippen molar-refractivity contribution < 1.29 is 18.7 Å². The summed E-state index contributed by atoms with van der Waals surface area (Å²) in [4.78, 5) is 11.9. The zero-order valence-electron chi connectivity index (χ0n) is 11.9. The number of methoxy groups -OCH3 is 2. The molecule has 21 heavy (non-hydrogen) atoms. The normalized spacial score (nSPS) is 10.2. The first-order valence-electron chi connectivity index (χ1n) is 6.07. The fourth-order valence-corrected chi connectivity index (χ4v) is 2.18. The minimum atomic E-state index is -0.178. The van der Waals surface area contributed by atoms with Crippen LogP contribution in [0.2, 0.25) is 0 Å². The Hall–Kier alpha value is -2.22. The van der Waals surface area contributed by atoms with Gasteiger partial charge in [-0.3, -0.25) is 4.79 Å². The lowest BCUT2D eigenvalue weighted by molar-refractivity contribution is -0.113. The Morgan fingerprint density at radius 1 is 1.29 bits per heavy atom. The first-order valence-corrected chi connectivity index (χ1v) is 7.05. The van der Waals surface area contributed by atoms with Crippen molar-refractivity contribution in [3.63, 3.8) is 0 Å². The van der Waals surface area contributed by atoms with Gasteiger partial charge in [0.15, 0.2) is 11.5 Å². The Bertz CT molecular complexity index is 630. The number of nitrogens with zero attached hydrogens (tertiary/aromatic N) is 2. The number of thioether (sulfide) groups is 1. The number of ether oxygens (including phenoxy) is 2. The van der Waals surface area contributed by atoms with Gasteiger partial charge in [-0.15, -0.1) is 10.2 Å². The lowest BCUT2D eigenvalue weighted by Crippen LogP contribution is -2.14. The van der Waals surface area contributed by atoms with E-state index in [4.69, 9.17) is 13.9 Å². The van der Waals surface area contributed by atoms with Crippen molar-refractivity contribution in [2.45, 2.75) is 12.1 Å². The summed E-state index contributed by atoms with van der Waals surface area (Å²) in [6.45, 7) is 1.70. The maximum Gasteiger partial charge on any atom is 0.277 e. The molecule has 0 fully saturated rings. The molecular weight excluding hydrogens is 294 g/mol. The van der Waals surface area contributed by atoms with Gasteiger partial charge >= 0.3 is 0 Å². The summed E-state index contributed by atoms with van der Waals surface area (Å²) in [5.74, 6) is 1.62. The summed E-state index contributed by atoms with van der Waals surface area (Å²) in [7, 11) is 3.09. The molecule has 1 amide bonds. The van der Waals surface area contributed by atoms with Crippen LogP contribution in [-0.2, 0) is 4.79 Å². The quantitative estimate of drug-likeness (QED) is 0.818. The number of hydrogen-bond acceptors (Lipinski definition) is 7. The molecule has 0 bridgehead atoms. The Kier molecular flexibility index (Phi) is 5.04. The molecule has 8 heteroatoms. The van der Waals surface area contributed by atoms with Gasteiger partial charge in [0.2, 0.25) is 11.8 Å². The highest BCUT2D eigenvalue weighted by Gasteiger charge is 2.10. The molecular formula is C13H15N3O4S. The summed E-state index contributed by atoms with van der Waals surface area (Å²) in [5.41, 5.74) is 0.625. The van der Waals surface area contributed by atoms with Crippen LogP contribution in [0, 0.1) is 6.92 Å². The Labute approximate surface area is 126 Å². The van der Waals surface area contributed by atoms with Crippen molar-refractivity contribution in [1.29, 1.82) is 0 Å². The lowest BCUT2D eigenvalue weighted by atomic mass is 10.2. The van der Waals surface area contributed by atoms with Crippen LogP contribution in [0.1, 0.15) is 5.89 Å². The van der Waals surface area contributed by atoms with Crippen LogP contribution in [0.3, 0.4) is 0 Å². The maximum absolute atomic E-state index is 11.9. The van der Waals surface area contributed by atoms with E-state index in [1.807, 2.05) is 0 Å². The van der Waals surface area contributed by atoms with Gasteiger partial charge in [0.1, 0.15) is 0 Å². The third kappa shape index (κ3) is 4.12. The van der Waals surface area contributed by atoms with Gasteiger partial charge < -0.3 is 19.2 Å². The third-order valence-electron chi connectivity index (χ3n) is 2.50. The van der Waals surface area contributed by atoms with Crippen LogP contribution < -0.4 is 14.8 Å².